The molecule has 1 fully saturated rings. The first kappa shape index (κ1) is 7.54. The van der Waals surface area contributed by atoms with E-state index >= 15 is 0 Å². The summed E-state index contributed by atoms with van der Waals surface area (Å²) in [4.78, 5) is 10.6. The SMILES string of the molecule is CC(=O)NC1CCC[N]C1. The summed E-state index contributed by atoms with van der Waals surface area (Å²) in [6.45, 7) is 3.32. The van der Waals surface area contributed by atoms with E-state index in [0.717, 1.165) is 25.9 Å². The van der Waals surface area contributed by atoms with Gasteiger partial charge in [-0.05, 0) is 12.8 Å². The van der Waals surface area contributed by atoms with E-state index < -0.39 is 0 Å². The van der Waals surface area contributed by atoms with Crippen LogP contribution in [0.1, 0.15) is 19.8 Å². The van der Waals surface area contributed by atoms with Crippen molar-refractivity contribution in [3.8, 4) is 0 Å². The molecule has 3 heteroatoms. The highest BCUT2D eigenvalue weighted by Gasteiger charge is 2.13. The van der Waals surface area contributed by atoms with Gasteiger partial charge in [-0.2, -0.15) is 0 Å². The van der Waals surface area contributed by atoms with Crippen molar-refractivity contribution in [1.29, 1.82) is 0 Å². The van der Waals surface area contributed by atoms with Crippen molar-refractivity contribution < 1.29 is 4.79 Å². The molecule has 1 N–H and O–H groups in total. The average molecular weight is 141 g/mol. The first-order valence-corrected chi connectivity index (χ1v) is 3.69. The summed E-state index contributed by atoms with van der Waals surface area (Å²) >= 11 is 0. The quantitative estimate of drug-likeness (QED) is 0.544. The number of nitrogens with one attached hydrogen (secondary N) is 1. The van der Waals surface area contributed by atoms with Crippen LogP contribution in [0, 0.1) is 0 Å². The molecule has 1 rings (SSSR count). The van der Waals surface area contributed by atoms with E-state index in [1.54, 1.807) is 6.92 Å². The number of nitrogens with zero attached hydrogens (tertiary/aromatic N) is 1. The molecule has 1 heterocycles. The van der Waals surface area contributed by atoms with E-state index in [4.69, 9.17) is 0 Å². The van der Waals surface area contributed by atoms with Gasteiger partial charge in [-0.3, -0.25) is 4.79 Å². The molecule has 0 aromatic carbocycles. The maximum Gasteiger partial charge on any atom is 0.217 e. The molecule has 10 heavy (non-hydrogen) atoms. The van der Waals surface area contributed by atoms with Gasteiger partial charge in [0.25, 0.3) is 0 Å². The molecule has 0 saturated carbocycles. The molecule has 1 amide bonds. The van der Waals surface area contributed by atoms with Gasteiger partial charge in [0.2, 0.25) is 5.91 Å². The van der Waals surface area contributed by atoms with Crippen LogP contribution in [0.2, 0.25) is 0 Å². The minimum atomic E-state index is 0.0575. The van der Waals surface area contributed by atoms with E-state index in [1.165, 1.54) is 0 Å². The Balaban J connectivity index is 2.19. The lowest BCUT2D eigenvalue weighted by Gasteiger charge is -2.21. The minimum Gasteiger partial charge on any atom is -0.352 e. The number of amides is 1. The molecular formula is C7H13N2O. The zero-order valence-corrected chi connectivity index (χ0v) is 6.26. The lowest BCUT2D eigenvalue weighted by molar-refractivity contribution is -0.119. The van der Waals surface area contributed by atoms with Gasteiger partial charge in [0.05, 0.1) is 0 Å². The molecule has 3 nitrogen and oxygen atoms in total. The highest BCUT2D eigenvalue weighted by atomic mass is 16.1. The topological polar surface area (TPSA) is 43.2 Å². The third kappa shape index (κ3) is 2.35. The third-order valence-corrected chi connectivity index (χ3v) is 1.63. The average Bonchev–Trinajstić information content (AvgIpc) is 1.88. The van der Waals surface area contributed by atoms with Gasteiger partial charge in [-0.25, -0.2) is 5.32 Å². The number of hydrogen-bond acceptors (Lipinski definition) is 1. The number of piperidine rings is 1. The Morgan fingerprint density at radius 1 is 1.70 bits per heavy atom. The Hall–Kier alpha value is -0.570. The maximum atomic E-state index is 10.6. The van der Waals surface area contributed by atoms with Gasteiger partial charge >= 0.3 is 0 Å². The van der Waals surface area contributed by atoms with E-state index in [1.807, 2.05) is 0 Å². The van der Waals surface area contributed by atoms with Crippen molar-refractivity contribution in [1.82, 2.24) is 10.6 Å². The molecule has 0 aromatic rings. The molecule has 0 spiro atoms. The highest BCUT2D eigenvalue weighted by molar-refractivity contribution is 5.73. The van der Waals surface area contributed by atoms with E-state index in [2.05, 4.69) is 10.6 Å². The Kier molecular flexibility index (Phi) is 2.68. The lowest BCUT2D eigenvalue weighted by atomic mass is 10.1. The van der Waals surface area contributed by atoms with Crippen LogP contribution < -0.4 is 10.6 Å². The van der Waals surface area contributed by atoms with Gasteiger partial charge in [0.1, 0.15) is 0 Å². The fourth-order valence-corrected chi connectivity index (χ4v) is 1.19. The van der Waals surface area contributed by atoms with Gasteiger partial charge < -0.3 is 5.32 Å². The van der Waals surface area contributed by atoms with Crippen LogP contribution in [0.25, 0.3) is 0 Å². The highest BCUT2D eigenvalue weighted by Crippen LogP contribution is 2.01. The molecule has 1 radical (unpaired) electrons. The molecule has 0 bridgehead atoms. The van der Waals surface area contributed by atoms with Crippen molar-refractivity contribution in [3.05, 3.63) is 0 Å². The van der Waals surface area contributed by atoms with Crippen molar-refractivity contribution >= 4 is 5.91 Å². The molecule has 1 aliphatic rings. The Labute approximate surface area is 61.2 Å². The molecule has 1 unspecified atom stereocenters. The molecule has 1 aliphatic heterocycles. The summed E-state index contributed by atoms with van der Waals surface area (Å²) in [5, 5.41) is 7.05. The van der Waals surface area contributed by atoms with E-state index in [-0.39, 0.29) is 5.91 Å². The fourth-order valence-electron chi connectivity index (χ4n) is 1.19. The molecular weight excluding hydrogens is 128 g/mol. The molecule has 1 saturated heterocycles. The van der Waals surface area contributed by atoms with Crippen LogP contribution in [0.4, 0.5) is 0 Å². The molecule has 57 valence electrons. The number of rotatable bonds is 1. The predicted octanol–water partition coefficient (Wildman–Crippen LogP) is -0.111. The Morgan fingerprint density at radius 3 is 3.00 bits per heavy atom. The summed E-state index contributed by atoms with van der Waals surface area (Å²) < 4.78 is 0. The van der Waals surface area contributed by atoms with Crippen molar-refractivity contribution in [3.63, 3.8) is 0 Å². The third-order valence-electron chi connectivity index (χ3n) is 1.63. The fraction of sp³-hybridized carbons (Fsp3) is 0.857. The predicted molar refractivity (Wildman–Crippen MR) is 38.7 cm³/mol. The van der Waals surface area contributed by atoms with Crippen molar-refractivity contribution in [2.24, 2.45) is 0 Å². The van der Waals surface area contributed by atoms with E-state index in [9.17, 15) is 4.79 Å². The number of carbonyl (C=O) groups is 1. The van der Waals surface area contributed by atoms with Gasteiger partial charge in [-0.15, -0.1) is 0 Å². The first-order chi connectivity index (χ1) is 4.79. The summed E-state index contributed by atoms with van der Waals surface area (Å²) in [7, 11) is 0. The summed E-state index contributed by atoms with van der Waals surface area (Å²) in [6.07, 6.45) is 2.20. The minimum absolute atomic E-state index is 0.0575. The van der Waals surface area contributed by atoms with Gasteiger partial charge in [0, 0.05) is 26.1 Å². The largest absolute Gasteiger partial charge is 0.352 e. The standard InChI is InChI=1S/C7H13N2O/c1-6(10)9-7-3-2-4-8-5-7/h7H,2-5H2,1H3,(H,9,10). The number of carbonyl (C=O) groups excluding carboxylic acids is 1. The van der Waals surface area contributed by atoms with Crippen LogP contribution in [0.15, 0.2) is 0 Å². The summed E-state index contributed by atoms with van der Waals surface area (Å²) in [6, 6.07) is 0.311. The Bertz CT molecular complexity index is 119. The zero-order valence-electron chi connectivity index (χ0n) is 6.26. The van der Waals surface area contributed by atoms with Gasteiger partial charge in [0.15, 0.2) is 0 Å². The van der Waals surface area contributed by atoms with Crippen LogP contribution in [-0.4, -0.2) is 25.0 Å². The lowest BCUT2D eigenvalue weighted by Crippen LogP contribution is -2.42. The van der Waals surface area contributed by atoms with Crippen LogP contribution in [0.3, 0.4) is 0 Å². The molecule has 0 aromatic heterocycles. The van der Waals surface area contributed by atoms with Crippen LogP contribution >= 0.6 is 0 Å². The maximum absolute atomic E-state index is 10.6. The summed E-state index contributed by atoms with van der Waals surface area (Å²) in [5.74, 6) is 0.0575. The molecule has 1 atom stereocenters. The second-order valence-corrected chi connectivity index (χ2v) is 2.67. The molecule has 0 aliphatic carbocycles. The van der Waals surface area contributed by atoms with Gasteiger partial charge in [-0.1, -0.05) is 0 Å². The monoisotopic (exact) mass is 141 g/mol. The summed E-state index contributed by atoms with van der Waals surface area (Å²) in [5.41, 5.74) is 0. The second-order valence-electron chi connectivity index (χ2n) is 2.67. The zero-order chi connectivity index (χ0) is 7.40. The normalized spacial score (nSPS) is 25.9. The van der Waals surface area contributed by atoms with Crippen molar-refractivity contribution in [2.75, 3.05) is 13.1 Å². The Morgan fingerprint density at radius 2 is 2.50 bits per heavy atom. The van der Waals surface area contributed by atoms with Crippen LogP contribution in [-0.2, 0) is 4.79 Å². The van der Waals surface area contributed by atoms with E-state index in [0.29, 0.717) is 6.04 Å². The number of hydrogen-bond donors (Lipinski definition) is 1. The van der Waals surface area contributed by atoms with Crippen molar-refractivity contribution in [2.45, 2.75) is 25.8 Å². The first-order valence-electron chi connectivity index (χ1n) is 3.69. The second kappa shape index (κ2) is 3.56. The van der Waals surface area contributed by atoms with Crippen LogP contribution in [0.5, 0.6) is 0 Å². The smallest absolute Gasteiger partial charge is 0.217 e.